The van der Waals surface area contributed by atoms with Gasteiger partial charge in [-0.25, -0.2) is 0 Å². The monoisotopic (exact) mass is 1590 g/mol. The van der Waals surface area contributed by atoms with Crippen LogP contribution in [-0.2, 0) is 76.0 Å². The minimum Gasteiger partial charge on any atom is -0.457 e. The molecule has 0 spiro atoms. The number of aliphatic hydroxyl groups is 17. The lowest BCUT2D eigenvalue weighted by Crippen LogP contribution is -2.69. The van der Waals surface area contributed by atoms with Crippen molar-refractivity contribution in [3.05, 3.63) is 11.6 Å². The zero-order chi connectivity index (χ0) is 80.7. The Labute approximate surface area is 648 Å². The van der Waals surface area contributed by atoms with Crippen molar-refractivity contribution in [1.82, 2.24) is 0 Å². The summed E-state index contributed by atoms with van der Waals surface area (Å²) in [7, 11) is 0. The molecule has 638 valence electrons. The third-order valence-electron chi connectivity index (χ3n) is 28.0. The predicted octanol–water partition coefficient (Wildman–Crippen LogP) is -0.674. The number of carbonyl (C=O) groups excluding carboxylic acids is 3. The highest BCUT2D eigenvalue weighted by molar-refractivity contribution is 5.79. The summed E-state index contributed by atoms with van der Waals surface area (Å²) in [4.78, 5) is 43.2. The second-order valence-electron chi connectivity index (χ2n) is 35.8. The molecule has 11 rings (SSSR count). The molecule has 10 fully saturated rings. The average Bonchev–Trinajstić information content (AvgIpc) is 0.878. The van der Waals surface area contributed by atoms with Gasteiger partial charge in [0.15, 0.2) is 43.7 Å². The number of aliphatic hydroxyl groups excluding tert-OH is 16. The normalized spacial score (nSPS) is 47.7. The summed E-state index contributed by atoms with van der Waals surface area (Å²) in [6.07, 6.45) is -26.4. The highest BCUT2D eigenvalue weighted by atomic mass is 16.8. The fourth-order valence-corrected chi connectivity index (χ4v) is 20.9. The van der Waals surface area contributed by atoms with Crippen LogP contribution in [0.15, 0.2) is 11.6 Å². The fraction of sp³-hybridized carbons (Fsp3) is 0.936. The smallest absolute Gasteiger partial charge is 0.315 e. The number of unbranched alkanes of at least 4 members (excludes halogenated alkanes) is 8. The standard InChI is InChI=1S/C78H128O33/c1-39-60(107-66-57(93)52(88)45(85)34-101-66)55(91)59(95)67(104-39)109-62-61(108-70-63(96)78(98,37-81)38-103-70)47(105-50(86)20-16-12-11-15-19-40(82)18-14-10-8-9-13-17-29-99-65-56(92)51(87)44(84)33-100-65)35-102-69(62)111-71(97)77-27-25-72(2,3)30-42(77)41-21-22-49-73(4)31-43(83)64(110-68-58(94)54(90)53(89)46(32-79)106-68)74(5,36-80)48(73)23-24-76(49,7)75(41,6)26-28-77/h21,39,42-49,51-70,79-81,83-85,87-96,98H,8-20,22-38H2,1-7H3/t39-,42-,43-,44-,45+,46+,47-,48+,49+,51+,52-,53+,54-,55+,56-,57+,58+,59+,60-,61-,62-,63-,64-,65-,66-,67-,68-,69+,70-,73-,74-,75+,76+,77-,78+/m0/s1. The Morgan fingerprint density at radius 1 is 0.514 bits per heavy atom. The van der Waals surface area contributed by atoms with E-state index in [0.717, 1.165) is 37.7 Å². The predicted molar refractivity (Wildman–Crippen MR) is 381 cm³/mol. The topological polar surface area (TPSA) is 515 Å². The van der Waals surface area contributed by atoms with E-state index >= 15 is 4.79 Å². The summed E-state index contributed by atoms with van der Waals surface area (Å²) in [5.41, 5.74) is -5.47. The molecule has 6 aliphatic heterocycles. The van der Waals surface area contributed by atoms with Crippen LogP contribution in [0.4, 0.5) is 0 Å². The Morgan fingerprint density at radius 2 is 1.09 bits per heavy atom. The number of hydrogen-bond acceptors (Lipinski definition) is 33. The molecule has 35 atom stereocenters. The van der Waals surface area contributed by atoms with Crippen LogP contribution in [0.5, 0.6) is 0 Å². The zero-order valence-electron chi connectivity index (χ0n) is 65.2. The molecular weight excluding hydrogens is 1460 g/mol. The molecule has 33 heteroatoms. The van der Waals surface area contributed by atoms with Gasteiger partial charge >= 0.3 is 11.9 Å². The van der Waals surface area contributed by atoms with Crippen LogP contribution < -0.4 is 0 Å². The van der Waals surface area contributed by atoms with E-state index in [1.807, 2.05) is 6.92 Å². The average molecular weight is 1590 g/mol. The van der Waals surface area contributed by atoms with Gasteiger partial charge in [0.1, 0.15) is 103 Å². The number of hydrogen-bond donors (Lipinski definition) is 17. The van der Waals surface area contributed by atoms with Gasteiger partial charge in [0.25, 0.3) is 0 Å². The van der Waals surface area contributed by atoms with Gasteiger partial charge in [-0.15, -0.1) is 0 Å². The molecule has 0 amide bonds. The van der Waals surface area contributed by atoms with Crippen molar-refractivity contribution < 1.29 is 163 Å². The molecular formula is C78H128O33. The van der Waals surface area contributed by atoms with Crippen LogP contribution in [0.3, 0.4) is 0 Å². The molecule has 11 aliphatic rings. The Balaban J connectivity index is 0.793. The largest absolute Gasteiger partial charge is 0.457 e. The first-order valence-electron chi connectivity index (χ1n) is 40.5. The summed E-state index contributed by atoms with van der Waals surface area (Å²) < 4.78 is 79.0. The van der Waals surface area contributed by atoms with E-state index in [2.05, 4.69) is 40.7 Å². The van der Waals surface area contributed by atoms with Crippen LogP contribution >= 0.6 is 0 Å². The van der Waals surface area contributed by atoms with Crippen molar-refractivity contribution in [1.29, 1.82) is 0 Å². The number of rotatable bonds is 31. The Kier molecular flexibility index (Phi) is 29.2. The van der Waals surface area contributed by atoms with Gasteiger partial charge in [-0.1, -0.05) is 91.7 Å². The molecule has 4 saturated carbocycles. The van der Waals surface area contributed by atoms with Crippen LogP contribution in [0.2, 0.25) is 0 Å². The van der Waals surface area contributed by atoms with Gasteiger partial charge in [-0.3, -0.25) is 14.4 Å². The van der Waals surface area contributed by atoms with E-state index < -0.39 is 250 Å². The summed E-state index contributed by atoms with van der Waals surface area (Å²) in [5.74, 6) is -2.07. The first kappa shape index (κ1) is 89.0. The minimum atomic E-state index is -2.25. The molecule has 5 aliphatic carbocycles. The number of fused-ring (bicyclic) bond motifs is 7. The lowest BCUT2D eigenvalue weighted by atomic mass is 9.33. The van der Waals surface area contributed by atoms with Crippen molar-refractivity contribution in [2.45, 2.75) is 355 Å². The van der Waals surface area contributed by atoms with Gasteiger partial charge < -0.3 is 148 Å². The fourth-order valence-electron chi connectivity index (χ4n) is 20.9. The molecule has 0 aromatic rings. The SMILES string of the molecule is C[C@@H]1O[C@@H](O[C@@H]2[C@@H](OC(=O)[C@]34CCC(C)(C)C[C@H]3C3=CC[C@@H]5[C@@]6(C)C[C@H](O)[C@H](O[C@@H]7O[C@H](CO)[C@@H](O)[C@H](O)[C@H]7O)[C@@](C)(CO)[C@@H]6CC[C@@]5(C)[C@]3(C)CC4)OC[C@H](OC(=O)CCCCCCC(=O)CCCCCCCCO[C@H]3OC[C@H](O)[C@@H](O)[C@@H]3O)[C@@H]2O[C@@H]2OC[C@](O)(CO)[C@H]2O)[C@H](O)[C@@H](O)[C@H]1O[C@@H]1OC[C@@H](O)[C@H](O)[C@H]1O. The molecule has 0 unspecified atom stereocenters. The second-order valence-corrected chi connectivity index (χ2v) is 35.8. The Bertz CT molecular complexity index is 3090. The highest BCUT2D eigenvalue weighted by Crippen LogP contribution is 2.76. The lowest BCUT2D eigenvalue weighted by molar-refractivity contribution is -0.376. The molecule has 6 saturated heterocycles. The Morgan fingerprint density at radius 3 is 1.74 bits per heavy atom. The first-order chi connectivity index (χ1) is 52.5. The summed E-state index contributed by atoms with van der Waals surface area (Å²) in [5, 5.41) is 184. The Hall–Kier alpha value is -2.77. The van der Waals surface area contributed by atoms with E-state index in [0.29, 0.717) is 103 Å². The van der Waals surface area contributed by atoms with E-state index in [1.165, 1.54) is 6.92 Å². The third-order valence-corrected chi connectivity index (χ3v) is 28.0. The van der Waals surface area contributed by atoms with Gasteiger partial charge in [-0.2, -0.15) is 0 Å². The molecule has 17 N–H and O–H groups in total. The van der Waals surface area contributed by atoms with Crippen LogP contribution in [0.25, 0.3) is 0 Å². The number of Topliss-reactive ketones (excluding diaryl/α,β-unsaturated/α-hetero) is 1. The molecule has 6 heterocycles. The molecule has 0 aromatic heterocycles. The maximum absolute atomic E-state index is 16.2. The van der Waals surface area contributed by atoms with Crippen LogP contribution in [-0.4, -0.2) is 323 Å². The summed E-state index contributed by atoms with van der Waals surface area (Å²) in [6, 6.07) is 0. The second kappa shape index (κ2) is 36.4. The van der Waals surface area contributed by atoms with Crippen molar-refractivity contribution in [3.63, 3.8) is 0 Å². The van der Waals surface area contributed by atoms with E-state index in [-0.39, 0.29) is 42.5 Å². The molecule has 33 nitrogen and oxygen atoms in total. The number of ether oxygens (including phenoxy) is 13. The summed E-state index contributed by atoms with van der Waals surface area (Å²) in [6.45, 7) is 10.8. The maximum Gasteiger partial charge on any atom is 0.315 e. The number of ketones is 1. The number of carbonyl (C=O) groups is 3. The van der Waals surface area contributed by atoms with Crippen LogP contribution in [0, 0.1) is 50.2 Å². The van der Waals surface area contributed by atoms with E-state index in [1.54, 1.807) is 0 Å². The maximum atomic E-state index is 16.2. The lowest BCUT2D eigenvalue weighted by Gasteiger charge is -2.72. The van der Waals surface area contributed by atoms with Gasteiger partial charge in [0.2, 0.25) is 6.29 Å². The molecule has 0 aromatic carbocycles. The van der Waals surface area contributed by atoms with Crippen LogP contribution in [0.1, 0.15) is 190 Å². The van der Waals surface area contributed by atoms with Crippen molar-refractivity contribution in [2.75, 3.05) is 52.9 Å². The summed E-state index contributed by atoms with van der Waals surface area (Å²) >= 11 is 0. The van der Waals surface area contributed by atoms with E-state index in [9.17, 15) is 96.4 Å². The quantitative estimate of drug-likeness (QED) is 0.0177. The van der Waals surface area contributed by atoms with Gasteiger partial charge in [-0.05, 0) is 130 Å². The third kappa shape index (κ3) is 17.9. The highest BCUT2D eigenvalue weighted by Gasteiger charge is 2.72. The van der Waals surface area contributed by atoms with Crippen molar-refractivity contribution >= 4 is 17.7 Å². The zero-order valence-corrected chi connectivity index (χ0v) is 65.2. The molecule has 0 bridgehead atoms. The van der Waals surface area contributed by atoms with E-state index in [4.69, 9.17) is 61.6 Å². The minimum absolute atomic E-state index is 0.0936. The molecule has 111 heavy (non-hydrogen) atoms. The van der Waals surface area contributed by atoms with Crippen molar-refractivity contribution in [2.24, 2.45) is 50.2 Å². The number of esters is 2. The number of allylic oxidation sites excluding steroid dienone is 2. The molecule has 0 radical (unpaired) electrons. The van der Waals surface area contributed by atoms with Gasteiger partial charge in [0, 0.05) is 31.3 Å². The van der Waals surface area contributed by atoms with Crippen molar-refractivity contribution in [3.8, 4) is 0 Å². The van der Waals surface area contributed by atoms with Gasteiger partial charge in [0.05, 0.1) is 70.0 Å². The first-order valence-corrected chi connectivity index (χ1v) is 40.5.